The lowest BCUT2D eigenvalue weighted by Crippen LogP contribution is -2.45. The van der Waals surface area contributed by atoms with Crippen LogP contribution in [0.3, 0.4) is 0 Å². The molecule has 0 aliphatic carbocycles. The molecular formula is C29H31NO6. The number of rotatable bonds is 10. The average Bonchev–Trinajstić information content (AvgIpc) is 2.86. The number of benzene rings is 3. The topological polar surface area (TPSA) is 90.9 Å². The average molecular weight is 490 g/mol. The zero-order valence-electron chi connectivity index (χ0n) is 20.7. The first-order valence-electron chi connectivity index (χ1n) is 11.7. The number of ether oxygens (including phenoxy) is 3. The number of hydrogen-bond acceptors (Lipinski definition) is 6. The van der Waals surface area contributed by atoms with Crippen LogP contribution < -0.4 is 10.1 Å². The Kier molecular flexibility index (Phi) is 9.22. The Bertz CT molecular complexity index is 1160. The normalized spacial score (nSPS) is 11.8. The van der Waals surface area contributed by atoms with Gasteiger partial charge in [-0.2, -0.15) is 0 Å². The van der Waals surface area contributed by atoms with Crippen molar-refractivity contribution in [2.45, 2.75) is 52.0 Å². The summed E-state index contributed by atoms with van der Waals surface area (Å²) in [4.78, 5) is 37.1. The molecule has 0 heterocycles. The first-order valence-corrected chi connectivity index (χ1v) is 11.7. The van der Waals surface area contributed by atoms with Crippen LogP contribution in [0.2, 0.25) is 0 Å². The van der Waals surface area contributed by atoms with E-state index in [-0.39, 0.29) is 13.0 Å². The predicted octanol–water partition coefficient (Wildman–Crippen LogP) is 5.26. The Morgan fingerprint density at radius 2 is 1.47 bits per heavy atom. The molecule has 3 aromatic rings. The van der Waals surface area contributed by atoms with E-state index in [2.05, 4.69) is 5.32 Å². The van der Waals surface area contributed by atoms with Gasteiger partial charge in [-0.1, -0.05) is 66.7 Å². The van der Waals surface area contributed by atoms with Gasteiger partial charge < -0.3 is 19.5 Å². The van der Waals surface area contributed by atoms with Crippen molar-refractivity contribution in [3.63, 3.8) is 0 Å². The number of hydrogen-bond donors (Lipinski definition) is 1. The van der Waals surface area contributed by atoms with Crippen molar-refractivity contribution < 1.29 is 28.6 Å². The molecule has 36 heavy (non-hydrogen) atoms. The minimum atomic E-state index is -1.01. The molecule has 1 atom stereocenters. The van der Waals surface area contributed by atoms with Gasteiger partial charge in [0.05, 0.1) is 5.56 Å². The molecule has 0 saturated carbocycles. The second-order valence-corrected chi connectivity index (χ2v) is 9.26. The van der Waals surface area contributed by atoms with Crippen LogP contribution in [0.4, 0.5) is 4.79 Å². The lowest BCUT2D eigenvalue weighted by Gasteiger charge is -2.23. The highest BCUT2D eigenvalue weighted by atomic mass is 16.6. The fourth-order valence-corrected chi connectivity index (χ4v) is 3.39. The Morgan fingerprint density at radius 3 is 2.06 bits per heavy atom. The van der Waals surface area contributed by atoms with E-state index in [1.807, 2.05) is 60.7 Å². The second-order valence-electron chi connectivity index (χ2n) is 9.26. The third-order valence-electron chi connectivity index (χ3n) is 5.08. The Hall–Kier alpha value is -4.13. The number of amides is 1. The summed E-state index contributed by atoms with van der Waals surface area (Å²) in [7, 11) is 0. The third-order valence-corrected chi connectivity index (χ3v) is 5.08. The van der Waals surface area contributed by atoms with Gasteiger partial charge in [-0.15, -0.1) is 0 Å². The number of aldehydes is 1. The molecule has 0 aliphatic rings. The SMILES string of the molecule is CC(C)(C)OC(=O)NC(Cc1ccc(OCc2ccccc2)c(C=O)c1)C(=O)OCc1ccccc1. The van der Waals surface area contributed by atoms with E-state index in [9.17, 15) is 14.4 Å². The largest absolute Gasteiger partial charge is 0.488 e. The molecule has 7 heteroatoms. The number of nitrogens with one attached hydrogen (secondary N) is 1. The molecule has 0 fully saturated rings. The van der Waals surface area contributed by atoms with Gasteiger partial charge in [0.2, 0.25) is 0 Å². The van der Waals surface area contributed by atoms with E-state index in [4.69, 9.17) is 14.2 Å². The number of carbonyl (C=O) groups is 3. The molecule has 1 unspecified atom stereocenters. The number of esters is 1. The molecule has 0 spiro atoms. The standard InChI is InChI=1S/C29H31NO6/c1-29(2,3)36-28(33)30-25(27(32)35-20-22-12-8-5-9-13-22)17-23-14-15-26(24(16-23)18-31)34-19-21-10-6-4-7-11-21/h4-16,18,25H,17,19-20H2,1-3H3,(H,30,33). The molecule has 0 bridgehead atoms. The summed E-state index contributed by atoms with van der Waals surface area (Å²) in [5.41, 5.74) is 2.07. The van der Waals surface area contributed by atoms with Crippen LogP contribution in [-0.4, -0.2) is 30.0 Å². The Labute approximate surface area is 211 Å². The minimum Gasteiger partial charge on any atom is -0.488 e. The van der Waals surface area contributed by atoms with Crippen molar-refractivity contribution in [1.29, 1.82) is 0 Å². The monoisotopic (exact) mass is 489 g/mol. The van der Waals surface area contributed by atoms with E-state index in [1.54, 1.807) is 39.0 Å². The summed E-state index contributed by atoms with van der Waals surface area (Å²) in [6.45, 7) is 5.59. The number of alkyl carbamates (subject to hydrolysis) is 1. The molecule has 3 aromatic carbocycles. The van der Waals surface area contributed by atoms with Gasteiger partial charge in [0, 0.05) is 6.42 Å². The minimum absolute atomic E-state index is 0.0675. The summed E-state index contributed by atoms with van der Waals surface area (Å²) >= 11 is 0. The fourth-order valence-electron chi connectivity index (χ4n) is 3.39. The Morgan fingerprint density at radius 1 is 0.861 bits per heavy atom. The van der Waals surface area contributed by atoms with Crippen LogP contribution >= 0.6 is 0 Å². The summed E-state index contributed by atoms with van der Waals surface area (Å²) in [6.07, 6.45) is 0.0724. The lowest BCUT2D eigenvalue weighted by atomic mass is 10.0. The highest BCUT2D eigenvalue weighted by molar-refractivity contribution is 5.82. The highest BCUT2D eigenvalue weighted by Gasteiger charge is 2.26. The van der Waals surface area contributed by atoms with Gasteiger partial charge >= 0.3 is 12.1 Å². The maximum Gasteiger partial charge on any atom is 0.408 e. The summed E-state index contributed by atoms with van der Waals surface area (Å²) in [6, 6.07) is 22.9. The molecule has 0 aromatic heterocycles. The predicted molar refractivity (Wildman–Crippen MR) is 136 cm³/mol. The van der Waals surface area contributed by atoms with E-state index in [0.717, 1.165) is 11.1 Å². The van der Waals surface area contributed by atoms with Crippen molar-refractivity contribution in [3.8, 4) is 5.75 Å². The van der Waals surface area contributed by atoms with Crippen LogP contribution in [0.15, 0.2) is 78.9 Å². The van der Waals surface area contributed by atoms with Crippen LogP contribution in [-0.2, 0) is 33.9 Å². The van der Waals surface area contributed by atoms with Crippen molar-refractivity contribution in [2.75, 3.05) is 0 Å². The molecular weight excluding hydrogens is 458 g/mol. The van der Waals surface area contributed by atoms with Gasteiger partial charge in [0.25, 0.3) is 0 Å². The highest BCUT2D eigenvalue weighted by Crippen LogP contribution is 2.21. The van der Waals surface area contributed by atoms with Gasteiger partial charge in [-0.3, -0.25) is 4.79 Å². The van der Waals surface area contributed by atoms with E-state index in [0.29, 0.717) is 29.8 Å². The van der Waals surface area contributed by atoms with Crippen LogP contribution in [0.1, 0.15) is 47.8 Å². The second kappa shape index (κ2) is 12.5. The van der Waals surface area contributed by atoms with Crippen molar-refractivity contribution in [2.24, 2.45) is 0 Å². The van der Waals surface area contributed by atoms with Crippen LogP contribution in [0, 0.1) is 0 Å². The maximum atomic E-state index is 12.9. The summed E-state index contributed by atoms with van der Waals surface area (Å²) < 4.78 is 16.6. The quantitative estimate of drug-likeness (QED) is 0.309. The van der Waals surface area contributed by atoms with Gasteiger partial charge in [0.15, 0.2) is 6.29 Å². The van der Waals surface area contributed by atoms with Crippen molar-refractivity contribution >= 4 is 18.3 Å². The molecule has 0 saturated heterocycles. The maximum absolute atomic E-state index is 12.9. The van der Waals surface area contributed by atoms with Crippen molar-refractivity contribution in [3.05, 3.63) is 101 Å². The van der Waals surface area contributed by atoms with E-state index >= 15 is 0 Å². The first kappa shape index (κ1) is 26.5. The zero-order chi connectivity index (χ0) is 26.0. The molecule has 0 radical (unpaired) electrons. The van der Waals surface area contributed by atoms with Gasteiger partial charge in [-0.05, 0) is 49.6 Å². The fraction of sp³-hybridized carbons (Fsp3) is 0.276. The summed E-state index contributed by atoms with van der Waals surface area (Å²) in [5.74, 6) is -0.178. The number of carbonyl (C=O) groups excluding carboxylic acids is 3. The molecule has 7 nitrogen and oxygen atoms in total. The van der Waals surface area contributed by atoms with Crippen LogP contribution in [0.5, 0.6) is 5.75 Å². The third kappa shape index (κ3) is 8.58. The molecule has 1 amide bonds. The molecule has 3 rings (SSSR count). The summed E-state index contributed by atoms with van der Waals surface area (Å²) in [5, 5.41) is 2.60. The van der Waals surface area contributed by atoms with Crippen LogP contribution in [0.25, 0.3) is 0 Å². The molecule has 0 aliphatic heterocycles. The lowest BCUT2D eigenvalue weighted by molar-refractivity contribution is -0.147. The molecule has 188 valence electrons. The Balaban J connectivity index is 1.72. The van der Waals surface area contributed by atoms with E-state index in [1.165, 1.54) is 0 Å². The first-order chi connectivity index (χ1) is 17.2. The van der Waals surface area contributed by atoms with Gasteiger partial charge in [-0.25, -0.2) is 9.59 Å². The van der Waals surface area contributed by atoms with Gasteiger partial charge in [0.1, 0.15) is 30.6 Å². The zero-order valence-corrected chi connectivity index (χ0v) is 20.7. The smallest absolute Gasteiger partial charge is 0.408 e. The van der Waals surface area contributed by atoms with E-state index < -0.39 is 23.7 Å². The molecule has 1 N–H and O–H groups in total. The van der Waals surface area contributed by atoms with Crippen molar-refractivity contribution in [1.82, 2.24) is 5.32 Å².